The quantitative estimate of drug-likeness (QED) is 0.717. The molecular formula is C16H26F2N2O4. The van der Waals surface area contributed by atoms with Crippen molar-refractivity contribution in [2.24, 2.45) is 0 Å². The highest BCUT2D eigenvalue weighted by Crippen LogP contribution is 2.32. The second-order valence-electron chi connectivity index (χ2n) is 7.45. The van der Waals surface area contributed by atoms with E-state index in [9.17, 15) is 18.4 Å². The third-order valence-electron chi connectivity index (χ3n) is 4.43. The maximum atomic E-state index is 13.3. The lowest BCUT2D eigenvalue weighted by molar-refractivity contribution is -0.145. The van der Waals surface area contributed by atoms with Gasteiger partial charge in [-0.05, 0) is 27.2 Å². The van der Waals surface area contributed by atoms with Crippen LogP contribution in [0.1, 0.15) is 40.0 Å². The number of esters is 1. The number of rotatable bonds is 2. The average Bonchev–Trinajstić information content (AvgIpc) is 2.90. The fourth-order valence-corrected chi connectivity index (χ4v) is 3.18. The van der Waals surface area contributed by atoms with Gasteiger partial charge in [0.25, 0.3) is 5.92 Å². The number of carbonyl (C=O) groups excluding carboxylic acids is 2. The van der Waals surface area contributed by atoms with Gasteiger partial charge in [-0.2, -0.15) is 0 Å². The third-order valence-corrected chi connectivity index (χ3v) is 4.43. The number of alkyl halides is 2. The van der Waals surface area contributed by atoms with Crippen molar-refractivity contribution in [1.29, 1.82) is 0 Å². The van der Waals surface area contributed by atoms with Gasteiger partial charge in [0, 0.05) is 38.5 Å². The number of halogens is 2. The lowest BCUT2D eigenvalue weighted by atomic mass is 10.0. The summed E-state index contributed by atoms with van der Waals surface area (Å²) in [5.74, 6) is -3.13. The predicted octanol–water partition coefficient (Wildman–Crippen LogP) is 2.27. The standard InChI is InChI=1S/C16H26F2N2O4/c1-15(2,3)24-14(22)20-10-11(9-12(20)13(21)23-4)19-7-5-16(17,18)6-8-19/h11-12H,5-10H2,1-4H3/t11-,12+/m1/s1. The first-order valence-corrected chi connectivity index (χ1v) is 8.22. The summed E-state index contributed by atoms with van der Waals surface area (Å²) >= 11 is 0. The Morgan fingerprint density at radius 2 is 1.75 bits per heavy atom. The minimum absolute atomic E-state index is 0.141. The molecule has 2 aliphatic rings. The first kappa shape index (κ1) is 18.9. The maximum absolute atomic E-state index is 13.3. The number of carbonyl (C=O) groups is 2. The highest BCUT2D eigenvalue weighted by atomic mass is 19.3. The number of ether oxygens (including phenoxy) is 2. The van der Waals surface area contributed by atoms with E-state index < -0.39 is 29.6 Å². The second-order valence-corrected chi connectivity index (χ2v) is 7.45. The number of methoxy groups -OCH3 is 1. The number of likely N-dealkylation sites (tertiary alicyclic amines) is 2. The SMILES string of the molecule is COC(=O)[C@@H]1C[C@@H](N2CCC(F)(F)CC2)CN1C(=O)OC(C)(C)C. The molecule has 2 heterocycles. The van der Waals surface area contributed by atoms with Crippen molar-refractivity contribution in [3.63, 3.8) is 0 Å². The summed E-state index contributed by atoms with van der Waals surface area (Å²) in [5, 5.41) is 0. The molecule has 0 saturated carbocycles. The molecule has 0 aromatic carbocycles. The van der Waals surface area contributed by atoms with E-state index in [0.717, 1.165) is 0 Å². The summed E-state index contributed by atoms with van der Waals surface area (Å²) in [6, 6.07) is -0.880. The highest BCUT2D eigenvalue weighted by molar-refractivity contribution is 5.82. The molecule has 2 rings (SSSR count). The van der Waals surface area contributed by atoms with Gasteiger partial charge in [-0.25, -0.2) is 18.4 Å². The minimum Gasteiger partial charge on any atom is -0.467 e. The smallest absolute Gasteiger partial charge is 0.411 e. The Balaban J connectivity index is 2.07. The molecule has 0 aromatic heterocycles. The van der Waals surface area contributed by atoms with Crippen molar-refractivity contribution < 1.29 is 27.8 Å². The van der Waals surface area contributed by atoms with Crippen LogP contribution in [0.25, 0.3) is 0 Å². The van der Waals surface area contributed by atoms with Crippen LogP contribution in [0, 0.1) is 0 Å². The summed E-state index contributed by atoms with van der Waals surface area (Å²) in [7, 11) is 1.27. The average molecular weight is 348 g/mol. The van der Waals surface area contributed by atoms with Gasteiger partial charge in [-0.1, -0.05) is 0 Å². The summed E-state index contributed by atoms with van der Waals surface area (Å²) < 4.78 is 36.8. The van der Waals surface area contributed by atoms with Crippen LogP contribution in [0.2, 0.25) is 0 Å². The Labute approximate surface area is 141 Å². The molecule has 138 valence electrons. The van der Waals surface area contributed by atoms with Gasteiger partial charge in [0.1, 0.15) is 11.6 Å². The first-order chi connectivity index (χ1) is 11.0. The van der Waals surface area contributed by atoms with Gasteiger partial charge in [0.05, 0.1) is 7.11 Å². The third kappa shape index (κ3) is 4.55. The Hall–Kier alpha value is -1.44. The molecule has 0 radical (unpaired) electrons. The molecule has 0 aromatic rings. The van der Waals surface area contributed by atoms with E-state index in [4.69, 9.17) is 9.47 Å². The first-order valence-electron chi connectivity index (χ1n) is 8.22. The monoisotopic (exact) mass is 348 g/mol. The molecule has 2 fully saturated rings. The lowest BCUT2D eigenvalue weighted by Gasteiger charge is -2.35. The minimum atomic E-state index is -2.62. The molecule has 0 spiro atoms. The molecule has 0 bridgehead atoms. The van der Waals surface area contributed by atoms with Crippen LogP contribution in [0.15, 0.2) is 0 Å². The van der Waals surface area contributed by atoms with Crippen LogP contribution in [0.5, 0.6) is 0 Å². The number of piperidine rings is 1. The largest absolute Gasteiger partial charge is 0.467 e. The van der Waals surface area contributed by atoms with E-state index in [1.54, 1.807) is 20.8 Å². The predicted molar refractivity (Wildman–Crippen MR) is 82.9 cm³/mol. The van der Waals surface area contributed by atoms with Gasteiger partial charge in [-0.3, -0.25) is 9.80 Å². The van der Waals surface area contributed by atoms with E-state index >= 15 is 0 Å². The lowest BCUT2D eigenvalue weighted by Crippen LogP contribution is -2.47. The van der Waals surface area contributed by atoms with Crippen molar-refractivity contribution in [3.8, 4) is 0 Å². The van der Waals surface area contributed by atoms with Crippen molar-refractivity contribution in [1.82, 2.24) is 9.80 Å². The Morgan fingerprint density at radius 1 is 1.17 bits per heavy atom. The fourth-order valence-electron chi connectivity index (χ4n) is 3.18. The summed E-state index contributed by atoms with van der Waals surface area (Å²) in [4.78, 5) is 27.7. The summed E-state index contributed by atoms with van der Waals surface area (Å²) in [5.41, 5.74) is -0.678. The van der Waals surface area contributed by atoms with Crippen molar-refractivity contribution in [3.05, 3.63) is 0 Å². The molecule has 1 amide bonds. The van der Waals surface area contributed by atoms with Crippen LogP contribution in [-0.4, -0.2) is 72.2 Å². The molecule has 0 N–H and O–H groups in total. The topological polar surface area (TPSA) is 59.1 Å². The van der Waals surface area contributed by atoms with Crippen LogP contribution < -0.4 is 0 Å². The van der Waals surface area contributed by atoms with Crippen LogP contribution in [0.4, 0.5) is 13.6 Å². The van der Waals surface area contributed by atoms with Crippen LogP contribution >= 0.6 is 0 Å². The summed E-state index contributed by atoms with van der Waals surface area (Å²) in [6.07, 6.45) is -0.600. The van der Waals surface area contributed by atoms with E-state index in [1.807, 2.05) is 4.90 Å². The molecular weight excluding hydrogens is 322 g/mol. The zero-order valence-corrected chi connectivity index (χ0v) is 14.7. The van der Waals surface area contributed by atoms with E-state index in [-0.39, 0.29) is 38.5 Å². The Bertz CT molecular complexity index is 483. The molecule has 0 aliphatic carbocycles. The normalized spacial score (nSPS) is 27.8. The van der Waals surface area contributed by atoms with Crippen molar-refractivity contribution in [2.45, 2.75) is 63.6 Å². The van der Waals surface area contributed by atoms with Gasteiger partial charge < -0.3 is 9.47 Å². The molecule has 2 saturated heterocycles. The zero-order chi connectivity index (χ0) is 18.1. The molecule has 8 heteroatoms. The van der Waals surface area contributed by atoms with E-state index in [2.05, 4.69) is 0 Å². The van der Waals surface area contributed by atoms with Gasteiger partial charge >= 0.3 is 12.1 Å². The second kappa shape index (κ2) is 6.82. The maximum Gasteiger partial charge on any atom is 0.411 e. The fraction of sp³-hybridized carbons (Fsp3) is 0.875. The number of nitrogens with zero attached hydrogens (tertiary/aromatic N) is 2. The van der Waals surface area contributed by atoms with Crippen molar-refractivity contribution >= 4 is 12.1 Å². The number of amides is 1. The molecule has 2 atom stereocenters. The van der Waals surface area contributed by atoms with Crippen LogP contribution in [0.3, 0.4) is 0 Å². The Kier molecular flexibility index (Phi) is 5.37. The zero-order valence-electron chi connectivity index (χ0n) is 14.7. The number of hydrogen-bond donors (Lipinski definition) is 0. The number of hydrogen-bond acceptors (Lipinski definition) is 5. The highest BCUT2D eigenvalue weighted by Gasteiger charge is 2.46. The van der Waals surface area contributed by atoms with Crippen LogP contribution in [-0.2, 0) is 14.3 Å². The molecule has 0 unspecified atom stereocenters. The Morgan fingerprint density at radius 3 is 2.25 bits per heavy atom. The van der Waals surface area contributed by atoms with Crippen molar-refractivity contribution in [2.75, 3.05) is 26.7 Å². The van der Waals surface area contributed by atoms with E-state index in [1.165, 1.54) is 12.0 Å². The van der Waals surface area contributed by atoms with Gasteiger partial charge in [0.2, 0.25) is 0 Å². The summed E-state index contributed by atoms with van der Waals surface area (Å²) in [6.45, 7) is 6.04. The van der Waals surface area contributed by atoms with E-state index in [0.29, 0.717) is 6.42 Å². The molecule has 24 heavy (non-hydrogen) atoms. The van der Waals surface area contributed by atoms with Gasteiger partial charge in [0.15, 0.2) is 0 Å². The van der Waals surface area contributed by atoms with Gasteiger partial charge in [-0.15, -0.1) is 0 Å². The molecule has 2 aliphatic heterocycles. The molecule has 6 nitrogen and oxygen atoms in total.